The highest BCUT2D eigenvalue weighted by molar-refractivity contribution is 7.13. The van der Waals surface area contributed by atoms with Crippen molar-refractivity contribution in [2.24, 2.45) is 0 Å². The van der Waals surface area contributed by atoms with Crippen molar-refractivity contribution in [1.29, 1.82) is 0 Å². The number of amides is 2. The first kappa shape index (κ1) is 18.1. The van der Waals surface area contributed by atoms with Crippen molar-refractivity contribution in [2.45, 2.75) is 45.6 Å². The van der Waals surface area contributed by atoms with E-state index < -0.39 is 23.8 Å². The highest BCUT2D eigenvalue weighted by Crippen LogP contribution is 2.11. The summed E-state index contributed by atoms with van der Waals surface area (Å²) >= 11 is 1.22. The van der Waals surface area contributed by atoms with Crippen LogP contribution in [-0.2, 0) is 14.3 Å². The van der Waals surface area contributed by atoms with E-state index in [-0.39, 0.29) is 6.61 Å². The van der Waals surface area contributed by atoms with Gasteiger partial charge in [0.15, 0.2) is 5.13 Å². The lowest BCUT2D eigenvalue weighted by Crippen LogP contribution is -2.45. The number of Topliss-reactive ketones (excluding diaryl/α,β-unsaturated/α-hetero) is 1. The zero-order chi connectivity index (χ0) is 16.4. The molecule has 0 unspecified atom stereocenters. The molecule has 0 radical (unpaired) electrons. The molecule has 0 saturated heterocycles. The van der Waals surface area contributed by atoms with E-state index in [1.807, 2.05) is 13.8 Å². The van der Waals surface area contributed by atoms with Crippen molar-refractivity contribution in [2.75, 3.05) is 11.9 Å². The van der Waals surface area contributed by atoms with E-state index in [1.165, 1.54) is 17.5 Å². The van der Waals surface area contributed by atoms with Crippen molar-refractivity contribution < 1.29 is 19.1 Å². The molecule has 0 bridgehead atoms. The van der Waals surface area contributed by atoms with Crippen LogP contribution in [0.5, 0.6) is 0 Å². The van der Waals surface area contributed by atoms with Crippen LogP contribution in [0.4, 0.5) is 9.93 Å². The minimum absolute atomic E-state index is 0.270. The number of aromatic nitrogens is 1. The second-order valence-corrected chi connectivity index (χ2v) is 5.53. The van der Waals surface area contributed by atoms with E-state index in [4.69, 9.17) is 4.74 Å². The maximum Gasteiger partial charge on any atom is 0.407 e. The Morgan fingerprint density at radius 1 is 1.32 bits per heavy atom. The Bertz CT molecular complexity index is 490. The Morgan fingerprint density at radius 3 is 2.68 bits per heavy atom. The van der Waals surface area contributed by atoms with Crippen LogP contribution in [0.1, 0.15) is 39.5 Å². The van der Waals surface area contributed by atoms with Crippen molar-refractivity contribution in [3.05, 3.63) is 11.6 Å². The van der Waals surface area contributed by atoms with Crippen LogP contribution >= 0.6 is 11.3 Å². The molecule has 0 aromatic carbocycles. The van der Waals surface area contributed by atoms with Gasteiger partial charge in [0.25, 0.3) is 5.91 Å². The molecule has 0 fully saturated rings. The fraction of sp³-hybridized carbons (Fsp3) is 0.571. The topological polar surface area (TPSA) is 97.4 Å². The number of ketones is 1. The number of nitrogens with one attached hydrogen (secondary N) is 2. The largest absolute Gasteiger partial charge is 0.450 e. The van der Waals surface area contributed by atoms with Gasteiger partial charge < -0.3 is 10.1 Å². The normalized spacial score (nSPS) is 11.5. The Labute approximate surface area is 133 Å². The summed E-state index contributed by atoms with van der Waals surface area (Å²) in [6.45, 7) is 4.10. The van der Waals surface area contributed by atoms with Crippen LogP contribution < -0.4 is 10.6 Å². The number of anilines is 1. The van der Waals surface area contributed by atoms with E-state index >= 15 is 0 Å². The summed E-state index contributed by atoms with van der Waals surface area (Å²) in [5, 5.41) is 6.92. The average Bonchev–Trinajstić information content (AvgIpc) is 3.01. The Hall–Kier alpha value is -1.96. The first-order valence-electron chi connectivity index (χ1n) is 7.26. The molecule has 22 heavy (non-hydrogen) atoms. The van der Waals surface area contributed by atoms with Gasteiger partial charge in [-0.25, -0.2) is 9.78 Å². The Balaban J connectivity index is 2.62. The summed E-state index contributed by atoms with van der Waals surface area (Å²) in [5.74, 6) is -1.48. The van der Waals surface area contributed by atoms with Gasteiger partial charge >= 0.3 is 6.09 Å². The third-order valence-electron chi connectivity index (χ3n) is 2.77. The van der Waals surface area contributed by atoms with Gasteiger partial charge in [-0.05, 0) is 12.8 Å². The first-order chi connectivity index (χ1) is 10.6. The Kier molecular flexibility index (Phi) is 8.13. The molecule has 2 amide bonds. The summed E-state index contributed by atoms with van der Waals surface area (Å²) in [5.41, 5.74) is 0. The molecular weight excluding hydrogens is 306 g/mol. The predicted molar refractivity (Wildman–Crippen MR) is 83.8 cm³/mol. The van der Waals surface area contributed by atoms with E-state index in [9.17, 15) is 14.4 Å². The maximum atomic E-state index is 12.2. The SMILES string of the molecule is CCCC[C@H](NC(=O)OCCC)C(=O)C(=O)Nc1nccs1. The molecule has 1 atom stereocenters. The highest BCUT2D eigenvalue weighted by Gasteiger charge is 2.27. The zero-order valence-corrected chi connectivity index (χ0v) is 13.6. The number of carbonyl (C=O) groups excluding carboxylic acids is 3. The molecule has 0 aliphatic heterocycles. The second-order valence-electron chi connectivity index (χ2n) is 4.63. The van der Waals surface area contributed by atoms with Crippen molar-refractivity contribution in [3.8, 4) is 0 Å². The maximum absolute atomic E-state index is 12.2. The number of ether oxygens (including phenoxy) is 1. The molecule has 1 rings (SSSR count). The third kappa shape index (κ3) is 6.21. The standard InChI is InChI=1S/C14H21N3O4S/c1-3-5-6-10(16-14(20)21-8-4-2)11(18)12(19)17-13-15-7-9-22-13/h7,9-10H,3-6,8H2,1-2H3,(H,16,20)(H,15,17,19)/t10-/m0/s1. The second kappa shape index (κ2) is 9.88. The molecule has 0 saturated carbocycles. The zero-order valence-electron chi connectivity index (χ0n) is 12.8. The van der Waals surface area contributed by atoms with Gasteiger partial charge in [0.05, 0.1) is 6.61 Å². The van der Waals surface area contributed by atoms with Crippen LogP contribution in [0.25, 0.3) is 0 Å². The molecule has 0 aliphatic carbocycles. The minimum atomic E-state index is -0.885. The van der Waals surface area contributed by atoms with Crippen LogP contribution in [0.15, 0.2) is 11.6 Å². The molecule has 1 heterocycles. The van der Waals surface area contributed by atoms with Gasteiger partial charge in [0, 0.05) is 11.6 Å². The summed E-state index contributed by atoms with van der Waals surface area (Å²) in [6.07, 6.45) is 3.49. The van der Waals surface area contributed by atoms with Gasteiger partial charge in [0.2, 0.25) is 5.78 Å². The number of alkyl carbamates (subject to hydrolysis) is 1. The predicted octanol–water partition coefficient (Wildman–Crippen LogP) is 2.35. The molecule has 1 aromatic rings. The van der Waals surface area contributed by atoms with Crippen molar-refractivity contribution in [1.82, 2.24) is 10.3 Å². The molecule has 2 N–H and O–H groups in total. The van der Waals surface area contributed by atoms with E-state index in [0.29, 0.717) is 18.0 Å². The molecule has 7 nitrogen and oxygen atoms in total. The van der Waals surface area contributed by atoms with Crippen LogP contribution in [0.2, 0.25) is 0 Å². The molecule has 0 spiro atoms. The number of hydrogen-bond acceptors (Lipinski definition) is 6. The molecule has 0 aliphatic rings. The summed E-state index contributed by atoms with van der Waals surface area (Å²) in [7, 11) is 0. The molecule has 8 heteroatoms. The monoisotopic (exact) mass is 327 g/mol. The van der Waals surface area contributed by atoms with Gasteiger partial charge in [-0.3, -0.25) is 14.9 Å². The number of unbranched alkanes of at least 4 members (excludes halogenated alkanes) is 1. The highest BCUT2D eigenvalue weighted by atomic mass is 32.1. The van der Waals surface area contributed by atoms with E-state index in [2.05, 4.69) is 15.6 Å². The fourth-order valence-corrected chi connectivity index (χ4v) is 2.18. The molecular formula is C14H21N3O4S. The van der Waals surface area contributed by atoms with Gasteiger partial charge in [-0.2, -0.15) is 0 Å². The quantitative estimate of drug-likeness (QED) is 0.679. The lowest BCUT2D eigenvalue weighted by molar-refractivity contribution is -0.136. The molecule has 1 aromatic heterocycles. The average molecular weight is 327 g/mol. The van der Waals surface area contributed by atoms with Gasteiger partial charge in [-0.1, -0.05) is 26.7 Å². The smallest absolute Gasteiger partial charge is 0.407 e. The minimum Gasteiger partial charge on any atom is -0.450 e. The summed E-state index contributed by atoms with van der Waals surface area (Å²) in [4.78, 5) is 39.6. The number of hydrogen-bond donors (Lipinski definition) is 2. The van der Waals surface area contributed by atoms with Crippen LogP contribution in [0, 0.1) is 0 Å². The van der Waals surface area contributed by atoms with Crippen molar-refractivity contribution >= 4 is 34.3 Å². The first-order valence-corrected chi connectivity index (χ1v) is 8.14. The number of rotatable bonds is 9. The lowest BCUT2D eigenvalue weighted by Gasteiger charge is -2.16. The lowest BCUT2D eigenvalue weighted by atomic mass is 10.1. The third-order valence-corrected chi connectivity index (χ3v) is 3.46. The van der Waals surface area contributed by atoms with Crippen molar-refractivity contribution in [3.63, 3.8) is 0 Å². The van der Waals surface area contributed by atoms with Gasteiger partial charge in [0.1, 0.15) is 6.04 Å². The number of nitrogens with zero attached hydrogens (tertiary/aromatic N) is 1. The summed E-state index contributed by atoms with van der Waals surface area (Å²) < 4.78 is 4.89. The van der Waals surface area contributed by atoms with Crippen LogP contribution in [-0.4, -0.2) is 35.4 Å². The number of carbonyl (C=O) groups is 3. The van der Waals surface area contributed by atoms with E-state index in [0.717, 1.165) is 12.8 Å². The van der Waals surface area contributed by atoms with E-state index in [1.54, 1.807) is 5.38 Å². The molecule has 122 valence electrons. The fourth-order valence-electron chi connectivity index (χ4n) is 1.66. The Morgan fingerprint density at radius 2 is 2.09 bits per heavy atom. The van der Waals surface area contributed by atoms with Crippen LogP contribution in [0.3, 0.4) is 0 Å². The van der Waals surface area contributed by atoms with Gasteiger partial charge in [-0.15, -0.1) is 11.3 Å². The number of thiazole rings is 1. The summed E-state index contributed by atoms with van der Waals surface area (Å²) in [6, 6.07) is -0.885.